The predicted molar refractivity (Wildman–Crippen MR) is 57.0 cm³/mol. The number of imidazole rings is 1. The number of carbonyl (C=O) groups excluding carboxylic acids is 1. The molecule has 6 nitrogen and oxygen atoms in total. The maximum Gasteiger partial charge on any atom is 1.00 e. The van der Waals surface area contributed by atoms with Crippen LogP contribution in [-0.4, -0.2) is 27.6 Å². The summed E-state index contributed by atoms with van der Waals surface area (Å²) in [6.45, 7) is 1.85. The molecule has 0 aliphatic carbocycles. The minimum absolute atomic E-state index is 0. The van der Waals surface area contributed by atoms with Crippen molar-refractivity contribution in [2.75, 3.05) is 7.11 Å². The molecule has 7 heteroatoms. The zero-order valence-corrected chi connectivity index (χ0v) is 10.4. The van der Waals surface area contributed by atoms with Crippen LogP contribution in [0.25, 0.3) is 5.69 Å². The molecule has 2 aromatic heterocycles. The van der Waals surface area contributed by atoms with Gasteiger partial charge in [0.25, 0.3) is 0 Å². The van der Waals surface area contributed by atoms with Crippen LogP contribution >= 0.6 is 0 Å². The Bertz CT molecular complexity index is 568. The summed E-state index contributed by atoms with van der Waals surface area (Å²) in [6, 6.07) is 2.96. The number of aryl methyl sites for hydroxylation is 1. The molecule has 0 radical (unpaired) electrons. The van der Waals surface area contributed by atoms with Crippen molar-refractivity contribution in [1.82, 2.24) is 14.5 Å². The van der Waals surface area contributed by atoms with Gasteiger partial charge in [-0.15, -0.1) is 0 Å². The molecule has 0 aliphatic rings. The number of nitrogens with zero attached hydrogens (tertiary/aromatic N) is 3. The first-order valence-electron chi connectivity index (χ1n) is 4.89. The molecule has 0 aliphatic heterocycles. The van der Waals surface area contributed by atoms with E-state index in [-0.39, 0.29) is 30.4 Å². The van der Waals surface area contributed by atoms with Crippen LogP contribution in [0.3, 0.4) is 0 Å². The van der Waals surface area contributed by atoms with Crippen LogP contribution in [-0.2, 0) is 0 Å². The average Bonchev–Trinajstić information content (AvgIpc) is 2.74. The molecule has 0 spiro atoms. The fourth-order valence-corrected chi connectivity index (χ4v) is 1.45. The van der Waals surface area contributed by atoms with Crippen molar-refractivity contribution in [3.63, 3.8) is 0 Å². The van der Waals surface area contributed by atoms with Crippen molar-refractivity contribution in [3.8, 4) is 11.6 Å². The number of ether oxygens (including phenoxy) is 1. The Balaban J connectivity index is 0.00000162. The first kappa shape index (κ1) is 14.3. The summed E-state index contributed by atoms with van der Waals surface area (Å²) in [5, 5.41) is 10.7. The largest absolute Gasteiger partial charge is 1.00 e. The number of carboxylic acids is 1. The molecule has 88 valence electrons. The van der Waals surface area contributed by atoms with E-state index >= 15 is 0 Å². The Morgan fingerprint density at radius 2 is 2.17 bits per heavy atom. The summed E-state index contributed by atoms with van der Waals surface area (Å²) in [5.41, 5.74) is 1.30. The number of pyridine rings is 1. The van der Waals surface area contributed by atoms with Crippen LogP contribution in [0.1, 0.15) is 16.2 Å². The van der Waals surface area contributed by atoms with Crippen LogP contribution in [0, 0.1) is 6.92 Å². The molecule has 0 atom stereocenters. The van der Waals surface area contributed by atoms with E-state index in [2.05, 4.69) is 9.97 Å². The molecular formula is C11H10LiN3O3. The monoisotopic (exact) mass is 239 g/mol. The second-order valence-electron chi connectivity index (χ2n) is 3.43. The molecule has 0 aromatic carbocycles. The van der Waals surface area contributed by atoms with E-state index in [0.29, 0.717) is 5.69 Å². The van der Waals surface area contributed by atoms with Gasteiger partial charge in [-0.2, -0.15) is 0 Å². The number of methoxy groups -OCH3 is 1. The van der Waals surface area contributed by atoms with E-state index in [1.165, 1.54) is 13.2 Å². The minimum atomic E-state index is -1.34. The van der Waals surface area contributed by atoms with Crippen LogP contribution in [0.2, 0.25) is 0 Å². The second-order valence-corrected chi connectivity index (χ2v) is 3.43. The summed E-state index contributed by atoms with van der Waals surface area (Å²) in [7, 11) is 1.43. The summed E-state index contributed by atoms with van der Waals surface area (Å²) in [6.07, 6.45) is 3.39. The van der Waals surface area contributed by atoms with Crippen molar-refractivity contribution in [2.45, 2.75) is 6.92 Å². The Labute approximate surface area is 116 Å². The number of rotatable bonds is 3. The van der Waals surface area contributed by atoms with Crippen molar-refractivity contribution in [2.24, 2.45) is 0 Å². The van der Waals surface area contributed by atoms with E-state index in [0.717, 1.165) is 5.69 Å². The van der Waals surface area contributed by atoms with Gasteiger partial charge in [0.05, 0.1) is 30.8 Å². The summed E-state index contributed by atoms with van der Waals surface area (Å²) >= 11 is 0. The summed E-state index contributed by atoms with van der Waals surface area (Å²) < 4.78 is 6.76. The topological polar surface area (TPSA) is 80.1 Å². The maximum atomic E-state index is 10.7. The first-order chi connectivity index (χ1) is 8.11. The van der Waals surface area contributed by atoms with Gasteiger partial charge in [-0.1, -0.05) is 0 Å². The third-order valence-electron chi connectivity index (χ3n) is 2.23. The molecule has 0 fully saturated rings. The van der Waals surface area contributed by atoms with E-state index in [9.17, 15) is 9.90 Å². The quantitative estimate of drug-likeness (QED) is 0.532. The Morgan fingerprint density at radius 3 is 2.67 bits per heavy atom. The molecule has 2 heterocycles. The van der Waals surface area contributed by atoms with Gasteiger partial charge in [-0.25, -0.2) is 9.97 Å². The van der Waals surface area contributed by atoms with Crippen molar-refractivity contribution in [1.29, 1.82) is 0 Å². The maximum absolute atomic E-state index is 10.7. The smallest absolute Gasteiger partial charge is 0.543 e. The van der Waals surface area contributed by atoms with Crippen LogP contribution in [0.15, 0.2) is 24.7 Å². The van der Waals surface area contributed by atoms with E-state index in [1.807, 2.05) is 6.92 Å². The van der Waals surface area contributed by atoms with Gasteiger partial charge in [0.1, 0.15) is 5.69 Å². The van der Waals surface area contributed by atoms with E-state index in [1.54, 1.807) is 23.2 Å². The van der Waals surface area contributed by atoms with Gasteiger partial charge in [0.15, 0.2) is 0 Å². The van der Waals surface area contributed by atoms with Gasteiger partial charge < -0.3 is 19.2 Å². The van der Waals surface area contributed by atoms with E-state index in [4.69, 9.17) is 4.74 Å². The van der Waals surface area contributed by atoms with Gasteiger partial charge >= 0.3 is 18.9 Å². The number of hydrogen-bond donors (Lipinski definition) is 0. The summed E-state index contributed by atoms with van der Waals surface area (Å²) in [5.74, 6) is -1.12. The van der Waals surface area contributed by atoms with Crippen molar-refractivity contribution in [3.05, 3.63) is 36.0 Å². The molecule has 0 saturated carbocycles. The normalized spacial score (nSPS) is 9.67. The van der Waals surface area contributed by atoms with Gasteiger partial charge in [-0.05, 0) is 19.1 Å². The molecule has 0 unspecified atom stereocenters. The number of hydrogen-bond acceptors (Lipinski definition) is 5. The standard InChI is InChI=1S/C11H11N3O3.Li/c1-7-5-14(6-12-7)9-4-3-8(11(15)16)13-10(9)17-2;/h3-6H,1-2H3,(H,15,16);/q;+1/p-1. The number of carbonyl (C=O) groups is 1. The average molecular weight is 239 g/mol. The molecule has 0 amide bonds. The number of aromatic carboxylic acids is 1. The van der Waals surface area contributed by atoms with Gasteiger partial charge in [0.2, 0.25) is 5.88 Å². The Morgan fingerprint density at radius 1 is 1.44 bits per heavy atom. The number of carboxylic acid groups (broad SMARTS) is 1. The third kappa shape index (κ3) is 2.72. The van der Waals surface area contributed by atoms with E-state index < -0.39 is 5.97 Å². The molecule has 0 N–H and O–H groups in total. The fourth-order valence-electron chi connectivity index (χ4n) is 1.45. The minimum Gasteiger partial charge on any atom is -0.543 e. The van der Waals surface area contributed by atoms with Crippen LogP contribution in [0.4, 0.5) is 0 Å². The predicted octanol–water partition coefficient (Wildman–Crippen LogP) is -3.05. The SMILES string of the molecule is COc1nc(C(=O)[O-])ccc1-n1cnc(C)c1.[Li+]. The molecule has 2 rings (SSSR count). The third-order valence-corrected chi connectivity index (χ3v) is 2.23. The van der Waals surface area contributed by atoms with Crippen molar-refractivity contribution >= 4 is 5.97 Å². The Kier molecular flexibility index (Phi) is 4.54. The van der Waals surface area contributed by atoms with Gasteiger partial charge in [0, 0.05) is 6.20 Å². The molecular weight excluding hydrogens is 229 g/mol. The van der Waals surface area contributed by atoms with Crippen molar-refractivity contribution < 1.29 is 33.5 Å². The van der Waals surface area contributed by atoms with Gasteiger partial charge in [-0.3, -0.25) is 0 Å². The fraction of sp³-hybridized carbons (Fsp3) is 0.182. The molecule has 2 aromatic rings. The zero-order valence-electron chi connectivity index (χ0n) is 10.4. The summed E-state index contributed by atoms with van der Waals surface area (Å²) in [4.78, 5) is 18.6. The zero-order chi connectivity index (χ0) is 12.4. The van der Waals surface area contributed by atoms with Crippen LogP contribution < -0.4 is 28.7 Å². The molecule has 0 bridgehead atoms. The Hall–Kier alpha value is -1.77. The molecule has 18 heavy (non-hydrogen) atoms. The second kappa shape index (κ2) is 5.71. The number of aromatic nitrogens is 3. The van der Waals surface area contributed by atoms with Crippen LogP contribution in [0.5, 0.6) is 5.88 Å². The molecule has 0 saturated heterocycles. The first-order valence-corrected chi connectivity index (χ1v) is 4.89.